The summed E-state index contributed by atoms with van der Waals surface area (Å²) in [5, 5.41) is 10.6. The minimum Gasteiger partial charge on any atom is -0.325 e. The van der Waals surface area contributed by atoms with E-state index in [2.05, 4.69) is 15.7 Å². The molecule has 1 aliphatic rings. The number of carbonyl (C=O) groups is 2. The van der Waals surface area contributed by atoms with Gasteiger partial charge in [-0.25, -0.2) is 0 Å². The van der Waals surface area contributed by atoms with Crippen LogP contribution in [0.5, 0.6) is 0 Å². The number of rotatable bonds is 6. The molecule has 3 aromatic rings. The Balaban J connectivity index is 1.46. The molecule has 32 heavy (non-hydrogen) atoms. The topological polar surface area (TPSA) is 76.0 Å². The molecule has 1 atom stereocenters. The number of carbonyl (C=O) groups excluding carboxylic acids is 2. The van der Waals surface area contributed by atoms with Gasteiger partial charge in [-0.2, -0.15) is 5.10 Å². The van der Waals surface area contributed by atoms with E-state index in [1.54, 1.807) is 29.8 Å². The first-order valence-corrected chi connectivity index (χ1v) is 11.2. The van der Waals surface area contributed by atoms with Gasteiger partial charge in [0.2, 0.25) is 11.8 Å². The van der Waals surface area contributed by atoms with Gasteiger partial charge in [0.05, 0.1) is 21.8 Å². The number of amides is 2. The number of anilines is 2. The maximum Gasteiger partial charge on any atom is 0.248 e. The molecule has 0 saturated heterocycles. The fourth-order valence-corrected chi connectivity index (χ4v) is 4.49. The summed E-state index contributed by atoms with van der Waals surface area (Å²) in [7, 11) is 0. The number of aryl methyl sites for hydroxylation is 2. The average Bonchev–Trinajstić information content (AvgIpc) is 3.07. The van der Waals surface area contributed by atoms with E-state index in [4.69, 9.17) is 11.6 Å². The van der Waals surface area contributed by atoms with Crippen molar-refractivity contribution in [1.29, 1.82) is 0 Å². The number of nitrogens with one attached hydrogen (secondary N) is 2. The number of aromatic nitrogens is 2. The normalized spacial score (nSPS) is 15.5. The predicted octanol–water partition coefficient (Wildman–Crippen LogP) is 5.41. The molecule has 7 heteroatoms. The molecule has 166 valence electrons. The highest BCUT2D eigenvalue weighted by Gasteiger charge is 2.45. The first kappa shape index (κ1) is 22.1. The highest BCUT2D eigenvalue weighted by molar-refractivity contribution is 6.34. The maximum atomic E-state index is 13.1. The summed E-state index contributed by atoms with van der Waals surface area (Å²) in [6, 6.07) is 16.5. The lowest BCUT2D eigenvalue weighted by molar-refractivity contribution is -0.124. The summed E-state index contributed by atoms with van der Waals surface area (Å²) >= 11 is 6.43. The summed E-state index contributed by atoms with van der Waals surface area (Å²) in [6.07, 6.45) is 2.69. The van der Waals surface area contributed by atoms with E-state index in [1.807, 2.05) is 50.2 Å². The van der Waals surface area contributed by atoms with Gasteiger partial charge in [0.15, 0.2) is 0 Å². The molecule has 1 aromatic heterocycles. The second-order valence-electron chi connectivity index (χ2n) is 8.49. The summed E-state index contributed by atoms with van der Waals surface area (Å²) in [5.74, 6) is -0.242. The molecule has 2 amide bonds. The number of benzene rings is 2. The van der Waals surface area contributed by atoms with E-state index >= 15 is 0 Å². The third-order valence-electron chi connectivity index (χ3n) is 6.24. The molecule has 1 aliphatic carbocycles. The molecule has 0 aliphatic heterocycles. The van der Waals surface area contributed by atoms with Gasteiger partial charge in [0.1, 0.15) is 6.04 Å². The molecule has 2 N–H and O–H groups in total. The van der Waals surface area contributed by atoms with Gasteiger partial charge < -0.3 is 10.6 Å². The Morgan fingerprint density at radius 2 is 1.78 bits per heavy atom. The Morgan fingerprint density at radius 1 is 1.06 bits per heavy atom. The first-order valence-electron chi connectivity index (χ1n) is 10.8. The van der Waals surface area contributed by atoms with Crippen LogP contribution in [0.25, 0.3) is 0 Å². The van der Waals surface area contributed by atoms with Crippen LogP contribution in [0, 0.1) is 13.8 Å². The van der Waals surface area contributed by atoms with Crippen LogP contribution in [0.2, 0.25) is 5.02 Å². The van der Waals surface area contributed by atoms with Crippen molar-refractivity contribution in [3.05, 3.63) is 76.6 Å². The Morgan fingerprint density at radius 3 is 2.34 bits per heavy atom. The van der Waals surface area contributed by atoms with Gasteiger partial charge in [0, 0.05) is 11.4 Å². The third-order valence-corrected chi connectivity index (χ3v) is 6.56. The molecule has 0 spiro atoms. The highest BCUT2D eigenvalue weighted by atomic mass is 35.5. The van der Waals surface area contributed by atoms with Crippen molar-refractivity contribution in [3.63, 3.8) is 0 Å². The predicted molar refractivity (Wildman–Crippen MR) is 127 cm³/mol. The Hall–Kier alpha value is -3.12. The van der Waals surface area contributed by atoms with Crippen LogP contribution in [-0.4, -0.2) is 21.6 Å². The minimum atomic E-state index is -0.490. The largest absolute Gasteiger partial charge is 0.325 e. The van der Waals surface area contributed by atoms with Gasteiger partial charge in [-0.15, -0.1) is 0 Å². The average molecular weight is 451 g/mol. The Labute approximate surface area is 193 Å². The van der Waals surface area contributed by atoms with Crippen molar-refractivity contribution in [3.8, 4) is 0 Å². The Bertz CT molecular complexity index is 1150. The smallest absolute Gasteiger partial charge is 0.248 e. The van der Waals surface area contributed by atoms with E-state index in [9.17, 15) is 9.59 Å². The molecule has 4 rings (SSSR count). The number of nitrogens with zero attached hydrogens (tertiary/aromatic N) is 2. The van der Waals surface area contributed by atoms with Crippen LogP contribution in [0.3, 0.4) is 0 Å². The third kappa shape index (κ3) is 4.15. The van der Waals surface area contributed by atoms with Crippen molar-refractivity contribution >= 4 is 34.8 Å². The van der Waals surface area contributed by atoms with Gasteiger partial charge in [-0.3, -0.25) is 14.3 Å². The molecule has 0 radical (unpaired) electrons. The van der Waals surface area contributed by atoms with Crippen LogP contribution in [-0.2, 0) is 15.0 Å². The Kier molecular flexibility index (Phi) is 6.07. The molecule has 6 nitrogen and oxygen atoms in total. The molecule has 1 heterocycles. The first-order chi connectivity index (χ1) is 15.3. The lowest BCUT2D eigenvalue weighted by Gasteiger charge is -2.40. The lowest BCUT2D eigenvalue weighted by Crippen LogP contribution is -2.45. The fraction of sp³-hybridized carbons (Fsp3) is 0.320. The molecular weight excluding hydrogens is 424 g/mol. The van der Waals surface area contributed by atoms with E-state index in [1.165, 1.54) is 0 Å². The summed E-state index contributed by atoms with van der Waals surface area (Å²) in [5.41, 5.74) is 3.42. The van der Waals surface area contributed by atoms with Gasteiger partial charge in [0.25, 0.3) is 0 Å². The van der Waals surface area contributed by atoms with Crippen LogP contribution >= 0.6 is 11.6 Å². The number of hydrogen-bond acceptors (Lipinski definition) is 3. The number of halogens is 1. The monoisotopic (exact) mass is 450 g/mol. The van der Waals surface area contributed by atoms with Crippen molar-refractivity contribution in [2.24, 2.45) is 0 Å². The van der Waals surface area contributed by atoms with E-state index in [-0.39, 0.29) is 11.8 Å². The molecular formula is C25H27ClN4O2. The summed E-state index contributed by atoms with van der Waals surface area (Å²) in [6.45, 7) is 5.60. The minimum absolute atomic E-state index is 0.0269. The standard InChI is InChI=1S/C25H27ClN4O2/c1-16-14-17(2)30(29-16)18(3)23(31)28-22-11-10-20(15-21(22)26)27-24(32)25(12-7-13-25)19-8-5-4-6-9-19/h4-6,8-11,14-15,18H,7,12-13H2,1-3H3,(H,27,32)(H,28,31). The molecule has 1 unspecified atom stereocenters. The highest BCUT2D eigenvalue weighted by Crippen LogP contribution is 2.44. The number of hydrogen-bond donors (Lipinski definition) is 2. The lowest BCUT2D eigenvalue weighted by atomic mass is 9.64. The summed E-state index contributed by atoms with van der Waals surface area (Å²) < 4.78 is 1.69. The second kappa shape index (κ2) is 8.79. The van der Waals surface area contributed by atoms with Gasteiger partial charge >= 0.3 is 0 Å². The zero-order valence-electron chi connectivity index (χ0n) is 18.5. The molecule has 2 aromatic carbocycles. The van der Waals surface area contributed by atoms with Gasteiger partial charge in [-0.1, -0.05) is 48.4 Å². The van der Waals surface area contributed by atoms with Gasteiger partial charge in [-0.05, 0) is 63.4 Å². The SMILES string of the molecule is Cc1cc(C)n(C(C)C(=O)Nc2ccc(NC(=O)C3(c4ccccc4)CCC3)cc2Cl)n1. The maximum absolute atomic E-state index is 13.1. The van der Waals surface area contributed by atoms with Crippen molar-refractivity contribution in [2.75, 3.05) is 10.6 Å². The second-order valence-corrected chi connectivity index (χ2v) is 8.89. The van der Waals surface area contributed by atoms with E-state index < -0.39 is 11.5 Å². The zero-order valence-corrected chi connectivity index (χ0v) is 19.2. The van der Waals surface area contributed by atoms with Crippen molar-refractivity contribution < 1.29 is 9.59 Å². The zero-order chi connectivity index (χ0) is 22.9. The van der Waals surface area contributed by atoms with E-state index in [0.717, 1.165) is 36.2 Å². The van der Waals surface area contributed by atoms with E-state index in [0.29, 0.717) is 16.4 Å². The summed E-state index contributed by atoms with van der Waals surface area (Å²) in [4.78, 5) is 25.9. The quantitative estimate of drug-likeness (QED) is 0.527. The van der Waals surface area contributed by atoms with Crippen LogP contribution < -0.4 is 10.6 Å². The fourth-order valence-electron chi connectivity index (χ4n) is 4.27. The van der Waals surface area contributed by atoms with Crippen molar-refractivity contribution in [2.45, 2.75) is 51.5 Å². The van der Waals surface area contributed by atoms with Crippen LogP contribution in [0.15, 0.2) is 54.6 Å². The van der Waals surface area contributed by atoms with Crippen LogP contribution in [0.1, 0.15) is 49.2 Å². The van der Waals surface area contributed by atoms with Crippen LogP contribution in [0.4, 0.5) is 11.4 Å². The molecule has 1 fully saturated rings. The molecule has 0 bridgehead atoms. The van der Waals surface area contributed by atoms with Crippen molar-refractivity contribution in [1.82, 2.24) is 9.78 Å². The molecule has 1 saturated carbocycles.